The van der Waals surface area contributed by atoms with Crippen LogP contribution in [0.15, 0.2) is 0 Å². The predicted octanol–water partition coefficient (Wildman–Crippen LogP) is 5.18. The van der Waals surface area contributed by atoms with Crippen LogP contribution in [0, 0.1) is 0 Å². The Hall–Kier alpha value is 0.310. The Bertz CT molecular complexity index is 205. The molecule has 0 saturated heterocycles. The second kappa shape index (κ2) is 8.47. The van der Waals surface area contributed by atoms with Gasteiger partial charge in [-0.05, 0) is 44.9 Å². The highest BCUT2D eigenvalue weighted by Gasteiger charge is 2.25. The van der Waals surface area contributed by atoms with Gasteiger partial charge in [0.1, 0.15) is 0 Å². The summed E-state index contributed by atoms with van der Waals surface area (Å²) in [6.45, 7) is 3.22. The smallest absolute Gasteiger partial charge is 0.0576 e. The molecular weight excluding hydrogens is 240 g/mol. The molecule has 18 heavy (non-hydrogen) atoms. The van der Waals surface area contributed by atoms with Crippen LogP contribution >= 0.6 is 11.8 Å². The minimum absolute atomic E-state index is 0.583. The third-order valence-electron chi connectivity index (χ3n) is 4.41. The van der Waals surface area contributed by atoms with Gasteiger partial charge in [0, 0.05) is 17.1 Å². The topological polar surface area (TPSA) is 9.23 Å². The van der Waals surface area contributed by atoms with Gasteiger partial charge in [-0.25, -0.2) is 0 Å². The molecule has 1 nitrogen and oxygen atoms in total. The molecule has 0 unspecified atom stereocenters. The van der Waals surface area contributed by atoms with E-state index >= 15 is 0 Å². The van der Waals surface area contributed by atoms with Crippen molar-refractivity contribution in [3.05, 3.63) is 0 Å². The molecule has 0 spiro atoms. The number of hydrogen-bond donors (Lipinski definition) is 0. The van der Waals surface area contributed by atoms with E-state index < -0.39 is 0 Å². The van der Waals surface area contributed by atoms with Gasteiger partial charge in [-0.3, -0.25) is 0 Å². The summed E-state index contributed by atoms with van der Waals surface area (Å²) in [7, 11) is 0. The van der Waals surface area contributed by atoms with Crippen molar-refractivity contribution in [2.24, 2.45) is 0 Å². The molecule has 0 bridgehead atoms. The maximum absolute atomic E-state index is 5.95. The molecule has 2 saturated carbocycles. The molecule has 2 heteroatoms. The zero-order valence-electron chi connectivity index (χ0n) is 12.0. The molecule has 2 rings (SSSR count). The summed E-state index contributed by atoms with van der Waals surface area (Å²) < 4.78 is 5.95. The van der Waals surface area contributed by atoms with Crippen LogP contribution < -0.4 is 0 Å². The van der Waals surface area contributed by atoms with Gasteiger partial charge < -0.3 is 4.74 Å². The fourth-order valence-electron chi connectivity index (χ4n) is 3.20. The minimum Gasteiger partial charge on any atom is -0.378 e. The van der Waals surface area contributed by atoms with E-state index in [0.717, 1.165) is 17.1 Å². The number of rotatable bonds is 6. The van der Waals surface area contributed by atoms with Crippen molar-refractivity contribution in [1.82, 2.24) is 0 Å². The zero-order valence-corrected chi connectivity index (χ0v) is 12.9. The first kappa shape index (κ1) is 14.7. The Morgan fingerprint density at radius 1 is 0.889 bits per heavy atom. The SMILES string of the molecule is CCCCOC1CCC(SC2CCCCC2)CC1. The van der Waals surface area contributed by atoms with E-state index in [9.17, 15) is 0 Å². The first-order valence-electron chi connectivity index (χ1n) is 8.15. The molecule has 0 atom stereocenters. The summed E-state index contributed by atoms with van der Waals surface area (Å²) in [5.74, 6) is 0. The molecule has 2 fully saturated rings. The molecule has 0 aromatic carbocycles. The van der Waals surface area contributed by atoms with Crippen LogP contribution in [0.25, 0.3) is 0 Å². The van der Waals surface area contributed by atoms with Crippen LogP contribution in [0.1, 0.15) is 77.6 Å². The van der Waals surface area contributed by atoms with Gasteiger partial charge in [0.2, 0.25) is 0 Å². The lowest BCUT2D eigenvalue weighted by molar-refractivity contribution is 0.0279. The molecule has 2 aliphatic rings. The Morgan fingerprint density at radius 2 is 1.56 bits per heavy atom. The second-order valence-electron chi connectivity index (χ2n) is 6.02. The fourth-order valence-corrected chi connectivity index (χ4v) is 4.90. The fraction of sp³-hybridized carbons (Fsp3) is 1.00. The maximum Gasteiger partial charge on any atom is 0.0576 e. The highest BCUT2D eigenvalue weighted by Crippen LogP contribution is 2.37. The van der Waals surface area contributed by atoms with Gasteiger partial charge in [0.15, 0.2) is 0 Å². The molecular formula is C16H30OS. The lowest BCUT2D eigenvalue weighted by Crippen LogP contribution is -2.25. The Kier molecular flexibility index (Phi) is 6.93. The van der Waals surface area contributed by atoms with Crippen LogP contribution in [-0.4, -0.2) is 23.2 Å². The van der Waals surface area contributed by atoms with E-state index in [2.05, 4.69) is 18.7 Å². The molecule has 0 amide bonds. The van der Waals surface area contributed by atoms with Crippen LogP contribution in [0.5, 0.6) is 0 Å². The van der Waals surface area contributed by atoms with E-state index in [0.29, 0.717) is 6.10 Å². The van der Waals surface area contributed by atoms with Gasteiger partial charge >= 0.3 is 0 Å². The van der Waals surface area contributed by atoms with Crippen molar-refractivity contribution >= 4 is 11.8 Å². The van der Waals surface area contributed by atoms with Crippen LogP contribution in [0.3, 0.4) is 0 Å². The van der Waals surface area contributed by atoms with Gasteiger partial charge in [-0.1, -0.05) is 32.6 Å². The van der Waals surface area contributed by atoms with Crippen LogP contribution in [-0.2, 0) is 4.74 Å². The van der Waals surface area contributed by atoms with Crippen molar-refractivity contribution < 1.29 is 4.74 Å². The van der Waals surface area contributed by atoms with Crippen LogP contribution in [0.2, 0.25) is 0 Å². The van der Waals surface area contributed by atoms with E-state index in [1.165, 1.54) is 70.6 Å². The Labute approximate surface area is 117 Å². The van der Waals surface area contributed by atoms with Crippen molar-refractivity contribution in [1.29, 1.82) is 0 Å². The molecule has 0 aliphatic heterocycles. The van der Waals surface area contributed by atoms with E-state index in [-0.39, 0.29) is 0 Å². The third kappa shape index (κ3) is 5.13. The Morgan fingerprint density at radius 3 is 2.22 bits per heavy atom. The van der Waals surface area contributed by atoms with Gasteiger partial charge in [0.05, 0.1) is 6.10 Å². The molecule has 106 valence electrons. The maximum atomic E-state index is 5.95. The lowest BCUT2D eigenvalue weighted by Gasteiger charge is -2.32. The van der Waals surface area contributed by atoms with Crippen molar-refractivity contribution in [2.75, 3.05) is 6.61 Å². The quantitative estimate of drug-likeness (QED) is 0.615. The zero-order chi connectivity index (χ0) is 12.6. The van der Waals surface area contributed by atoms with Gasteiger partial charge in [-0.2, -0.15) is 11.8 Å². The van der Waals surface area contributed by atoms with E-state index in [1.54, 1.807) is 0 Å². The highest BCUT2D eigenvalue weighted by molar-refractivity contribution is 8.00. The average molecular weight is 270 g/mol. The third-order valence-corrected chi connectivity index (χ3v) is 6.12. The summed E-state index contributed by atoms with van der Waals surface area (Å²) in [4.78, 5) is 0. The minimum atomic E-state index is 0.583. The van der Waals surface area contributed by atoms with E-state index in [1.807, 2.05) is 0 Å². The predicted molar refractivity (Wildman–Crippen MR) is 81.4 cm³/mol. The summed E-state index contributed by atoms with van der Waals surface area (Å²) in [6.07, 6.45) is 15.9. The van der Waals surface area contributed by atoms with Crippen molar-refractivity contribution in [3.63, 3.8) is 0 Å². The molecule has 0 aromatic rings. The summed E-state index contributed by atoms with van der Waals surface area (Å²) >= 11 is 2.32. The normalized spacial score (nSPS) is 30.5. The lowest BCUT2D eigenvalue weighted by atomic mass is 9.97. The first-order valence-corrected chi connectivity index (χ1v) is 9.10. The van der Waals surface area contributed by atoms with Crippen molar-refractivity contribution in [2.45, 2.75) is 94.2 Å². The van der Waals surface area contributed by atoms with Crippen molar-refractivity contribution in [3.8, 4) is 0 Å². The van der Waals surface area contributed by atoms with Crippen LogP contribution in [0.4, 0.5) is 0 Å². The summed E-state index contributed by atoms with van der Waals surface area (Å²) in [6, 6.07) is 0. The molecule has 0 N–H and O–H groups in total. The first-order chi connectivity index (χ1) is 8.88. The largest absolute Gasteiger partial charge is 0.378 e. The number of unbranched alkanes of at least 4 members (excludes halogenated alkanes) is 1. The standard InChI is InChI=1S/C16H30OS/c1-2-3-13-17-14-9-11-16(12-10-14)18-15-7-5-4-6-8-15/h14-16H,2-13H2,1H3. The number of ether oxygens (including phenoxy) is 1. The molecule has 0 radical (unpaired) electrons. The van der Waals surface area contributed by atoms with E-state index in [4.69, 9.17) is 4.74 Å². The summed E-state index contributed by atoms with van der Waals surface area (Å²) in [5.41, 5.74) is 0. The molecule has 0 aromatic heterocycles. The van der Waals surface area contributed by atoms with Gasteiger partial charge in [0.25, 0.3) is 0 Å². The Balaban J connectivity index is 1.57. The molecule has 2 aliphatic carbocycles. The average Bonchev–Trinajstić information content (AvgIpc) is 2.42. The molecule has 0 heterocycles. The highest BCUT2D eigenvalue weighted by atomic mass is 32.2. The number of thioether (sulfide) groups is 1. The monoisotopic (exact) mass is 270 g/mol. The summed E-state index contributed by atoms with van der Waals surface area (Å²) in [5, 5.41) is 1.93. The van der Waals surface area contributed by atoms with Gasteiger partial charge in [-0.15, -0.1) is 0 Å². The second-order valence-corrected chi connectivity index (χ2v) is 7.62. The number of hydrogen-bond acceptors (Lipinski definition) is 2.